The maximum absolute atomic E-state index is 9.88. The van der Waals surface area contributed by atoms with Gasteiger partial charge in [0.1, 0.15) is 5.75 Å². The van der Waals surface area contributed by atoms with Gasteiger partial charge in [-0.1, -0.05) is 39.7 Å². The van der Waals surface area contributed by atoms with Crippen LogP contribution in [-0.2, 0) is 0 Å². The highest BCUT2D eigenvalue weighted by Crippen LogP contribution is 2.31. The molecule has 5 heteroatoms. The number of hydrogen-bond acceptors (Lipinski definition) is 2. The molecule has 0 fully saturated rings. The second kappa shape index (κ2) is 5.87. The number of aromatic hydroxyl groups is 1. The van der Waals surface area contributed by atoms with Gasteiger partial charge in [-0.2, -0.15) is 0 Å². The molecule has 0 aromatic heterocycles. The first-order chi connectivity index (χ1) is 8.58. The van der Waals surface area contributed by atoms with Gasteiger partial charge in [-0.3, -0.25) is 4.99 Å². The van der Waals surface area contributed by atoms with Crippen LogP contribution in [0.2, 0.25) is 5.02 Å². The summed E-state index contributed by atoms with van der Waals surface area (Å²) in [4.78, 5) is 4.26. The zero-order chi connectivity index (χ0) is 13.1. The molecule has 1 N–H and O–H groups in total. The third-order valence-electron chi connectivity index (χ3n) is 2.25. The van der Waals surface area contributed by atoms with Crippen molar-refractivity contribution in [3.8, 4) is 5.75 Å². The van der Waals surface area contributed by atoms with Crippen molar-refractivity contribution < 1.29 is 5.11 Å². The molecule has 0 amide bonds. The Bertz CT molecular complexity index is 614. The summed E-state index contributed by atoms with van der Waals surface area (Å²) < 4.78 is 1.46. The molecule has 0 radical (unpaired) electrons. The number of aliphatic imine (C=N–C) groups is 1. The van der Waals surface area contributed by atoms with Crippen molar-refractivity contribution in [2.45, 2.75) is 0 Å². The highest BCUT2D eigenvalue weighted by Gasteiger charge is 2.05. The van der Waals surface area contributed by atoms with Gasteiger partial charge in [-0.25, -0.2) is 0 Å². The van der Waals surface area contributed by atoms with E-state index in [1.54, 1.807) is 24.4 Å². The maximum atomic E-state index is 9.88. The largest absolute Gasteiger partial charge is 0.506 e. The highest BCUT2D eigenvalue weighted by atomic mass is 79.9. The molecule has 2 aromatic rings. The number of halogens is 3. The van der Waals surface area contributed by atoms with Crippen molar-refractivity contribution in [2.75, 3.05) is 0 Å². The minimum Gasteiger partial charge on any atom is -0.506 e. The smallest absolute Gasteiger partial charge is 0.138 e. The quantitative estimate of drug-likeness (QED) is 0.693. The molecule has 0 bridgehead atoms. The molecule has 0 aliphatic carbocycles. The zero-order valence-corrected chi connectivity index (χ0v) is 13.0. The van der Waals surface area contributed by atoms with E-state index in [9.17, 15) is 5.11 Å². The lowest BCUT2D eigenvalue weighted by molar-refractivity contribution is 0.471. The van der Waals surface area contributed by atoms with Gasteiger partial charge in [-0.05, 0) is 40.2 Å². The number of nitrogens with zero attached hydrogens (tertiary/aromatic N) is 1. The van der Waals surface area contributed by atoms with Gasteiger partial charge in [0, 0.05) is 16.3 Å². The molecule has 0 unspecified atom stereocenters. The number of para-hydroxylation sites is 1. The molecule has 0 aliphatic rings. The van der Waals surface area contributed by atoms with Crippen molar-refractivity contribution in [2.24, 2.45) is 4.99 Å². The van der Waals surface area contributed by atoms with Gasteiger partial charge >= 0.3 is 0 Å². The first-order valence-electron chi connectivity index (χ1n) is 5.04. The second-order valence-electron chi connectivity index (χ2n) is 3.54. The predicted molar refractivity (Wildman–Crippen MR) is 82.2 cm³/mol. The van der Waals surface area contributed by atoms with Crippen LogP contribution in [0, 0.1) is 0 Å². The molecule has 92 valence electrons. The average Bonchev–Trinajstić information content (AvgIpc) is 2.33. The second-order valence-corrected chi connectivity index (χ2v) is 5.71. The van der Waals surface area contributed by atoms with Crippen LogP contribution < -0.4 is 0 Å². The monoisotopic (exact) mass is 387 g/mol. The van der Waals surface area contributed by atoms with E-state index >= 15 is 0 Å². The van der Waals surface area contributed by atoms with Crippen LogP contribution in [0.4, 0.5) is 5.69 Å². The fourth-order valence-corrected chi connectivity index (χ4v) is 2.82. The van der Waals surface area contributed by atoms with Crippen molar-refractivity contribution in [1.82, 2.24) is 0 Å². The maximum Gasteiger partial charge on any atom is 0.138 e. The number of phenols is 1. The van der Waals surface area contributed by atoms with E-state index in [4.69, 9.17) is 11.6 Å². The first kappa shape index (κ1) is 13.6. The summed E-state index contributed by atoms with van der Waals surface area (Å²) in [7, 11) is 0. The normalized spacial score (nSPS) is 11.1. The Morgan fingerprint density at radius 2 is 1.89 bits per heavy atom. The summed E-state index contributed by atoms with van der Waals surface area (Å²) in [6, 6.07) is 10.8. The summed E-state index contributed by atoms with van der Waals surface area (Å²) in [5, 5.41) is 10.4. The topological polar surface area (TPSA) is 32.6 Å². The third-order valence-corrected chi connectivity index (χ3v) is 3.63. The van der Waals surface area contributed by atoms with Gasteiger partial charge in [0.2, 0.25) is 0 Å². The van der Waals surface area contributed by atoms with E-state index in [1.165, 1.54) is 0 Å². The van der Waals surface area contributed by atoms with Crippen LogP contribution in [0.15, 0.2) is 50.3 Å². The molecule has 0 atom stereocenters. The number of hydrogen-bond donors (Lipinski definition) is 1. The predicted octanol–water partition coefficient (Wildman–Crippen LogP) is 5.32. The van der Waals surface area contributed by atoms with E-state index in [1.807, 2.05) is 18.2 Å². The summed E-state index contributed by atoms with van der Waals surface area (Å²) in [6.45, 7) is 0. The number of phenolic OH excluding ortho intramolecular Hbond substituents is 1. The lowest BCUT2D eigenvalue weighted by Gasteiger charge is -2.03. The molecule has 0 saturated carbocycles. The fourth-order valence-electron chi connectivity index (χ4n) is 1.38. The Labute approximate surface area is 127 Å². The Morgan fingerprint density at radius 3 is 2.61 bits per heavy atom. The van der Waals surface area contributed by atoms with E-state index in [0.29, 0.717) is 20.7 Å². The molecule has 0 aliphatic heterocycles. The standard InChI is InChI=1S/C13H8Br2ClNO/c14-9-5-8(13(18)10(15)6-9)7-17-12-4-2-1-3-11(12)16/h1-7,18H/b17-7+. The summed E-state index contributed by atoms with van der Waals surface area (Å²) >= 11 is 12.6. The molecule has 0 spiro atoms. The van der Waals surface area contributed by atoms with Crippen LogP contribution >= 0.6 is 43.5 Å². The Hall–Kier alpha value is -0.840. The zero-order valence-electron chi connectivity index (χ0n) is 9.07. The lowest BCUT2D eigenvalue weighted by Crippen LogP contribution is -1.84. The van der Waals surface area contributed by atoms with Gasteiger partial charge < -0.3 is 5.11 Å². The molecular formula is C13H8Br2ClNO. The number of rotatable bonds is 2. The minimum absolute atomic E-state index is 0.147. The molecule has 0 heterocycles. The van der Waals surface area contributed by atoms with E-state index in [2.05, 4.69) is 36.9 Å². The number of benzene rings is 2. The Balaban J connectivity index is 2.38. The molecular weight excluding hydrogens is 381 g/mol. The van der Waals surface area contributed by atoms with Gasteiger partial charge in [0.25, 0.3) is 0 Å². The van der Waals surface area contributed by atoms with Gasteiger partial charge in [0.05, 0.1) is 15.2 Å². The van der Waals surface area contributed by atoms with Crippen LogP contribution in [0.25, 0.3) is 0 Å². The van der Waals surface area contributed by atoms with Crippen LogP contribution in [-0.4, -0.2) is 11.3 Å². The Morgan fingerprint density at radius 1 is 1.17 bits per heavy atom. The summed E-state index contributed by atoms with van der Waals surface area (Å²) in [6.07, 6.45) is 1.58. The van der Waals surface area contributed by atoms with E-state index < -0.39 is 0 Å². The van der Waals surface area contributed by atoms with Crippen LogP contribution in [0.1, 0.15) is 5.56 Å². The minimum atomic E-state index is 0.147. The molecule has 2 nitrogen and oxygen atoms in total. The van der Waals surface area contributed by atoms with E-state index in [0.717, 1.165) is 4.47 Å². The van der Waals surface area contributed by atoms with Crippen molar-refractivity contribution in [3.63, 3.8) is 0 Å². The molecule has 2 rings (SSSR count). The first-order valence-corrected chi connectivity index (χ1v) is 7.01. The van der Waals surface area contributed by atoms with Crippen LogP contribution in [0.5, 0.6) is 5.75 Å². The van der Waals surface area contributed by atoms with Crippen molar-refractivity contribution in [1.29, 1.82) is 0 Å². The van der Waals surface area contributed by atoms with Crippen molar-refractivity contribution >= 4 is 55.4 Å². The van der Waals surface area contributed by atoms with E-state index in [-0.39, 0.29) is 5.75 Å². The van der Waals surface area contributed by atoms with Gasteiger partial charge in [0.15, 0.2) is 0 Å². The van der Waals surface area contributed by atoms with Crippen molar-refractivity contribution in [3.05, 3.63) is 55.9 Å². The van der Waals surface area contributed by atoms with Gasteiger partial charge in [-0.15, -0.1) is 0 Å². The summed E-state index contributed by atoms with van der Waals surface area (Å²) in [5.41, 5.74) is 1.27. The molecule has 2 aromatic carbocycles. The van der Waals surface area contributed by atoms with Crippen LogP contribution in [0.3, 0.4) is 0 Å². The fraction of sp³-hybridized carbons (Fsp3) is 0. The Kier molecular flexibility index (Phi) is 4.43. The third kappa shape index (κ3) is 3.13. The average molecular weight is 389 g/mol. The molecule has 18 heavy (non-hydrogen) atoms. The SMILES string of the molecule is Oc1c(Br)cc(Br)cc1/C=N/c1ccccc1Cl. The molecule has 0 saturated heterocycles. The summed E-state index contributed by atoms with van der Waals surface area (Å²) in [5.74, 6) is 0.147. The highest BCUT2D eigenvalue weighted by molar-refractivity contribution is 9.11. The lowest BCUT2D eigenvalue weighted by atomic mass is 10.2.